The van der Waals surface area contributed by atoms with E-state index >= 15 is 0 Å². The van der Waals surface area contributed by atoms with Crippen LogP contribution in [-0.2, 0) is 4.79 Å². The first-order chi connectivity index (χ1) is 9.09. The van der Waals surface area contributed by atoms with Crippen molar-refractivity contribution < 1.29 is 19.1 Å². The predicted octanol–water partition coefficient (Wildman–Crippen LogP) is 1.99. The summed E-state index contributed by atoms with van der Waals surface area (Å²) in [6.07, 6.45) is 5.63. The maximum absolute atomic E-state index is 12.8. The number of amides is 1. The SMILES string of the molecule is O=C(O)CCCCCCNC(=O)c1cncc(F)c1. The number of nitrogens with zero attached hydrogens (tertiary/aromatic N) is 1. The van der Waals surface area contributed by atoms with Crippen molar-refractivity contribution in [2.75, 3.05) is 6.54 Å². The maximum Gasteiger partial charge on any atom is 0.303 e. The van der Waals surface area contributed by atoms with E-state index in [-0.39, 0.29) is 17.9 Å². The summed E-state index contributed by atoms with van der Waals surface area (Å²) in [5.74, 6) is -1.68. The first-order valence-electron chi connectivity index (χ1n) is 6.20. The molecule has 6 heteroatoms. The molecule has 0 saturated heterocycles. The van der Waals surface area contributed by atoms with E-state index in [0.29, 0.717) is 13.0 Å². The summed E-state index contributed by atoms with van der Waals surface area (Å²) in [5.41, 5.74) is 0.200. The molecule has 0 aliphatic carbocycles. The molecule has 0 bridgehead atoms. The fraction of sp³-hybridized carbons (Fsp3) is 0.462. The van der Waals surface area contributed by atoms with Crippen molar-refractivity contribution >= 4 is 11.9 Å². The van der Waals surface area contributed by atoms with Gasteiger partial charge in [0.25, 0.3) is 5.91 Å². The standard InChI is InChI=1S/C13H17FN2O3/c14-11-7-10(8-15-9-11)13(19)16-6-4-2-1-3-5-12(17)18/h7-9H,1-6H2,(H,16,19)(H,17,18). The number of hydrogen-bond donors (Lipinski definition) is 2. The van der Waals surface area contributed by atoms with Crippen LogP contribution in [0.5, 0.6) is 0 Å². The Morgan fingerprint density at radius 2 is 1.95 bits per heavy atom. The fourth-order valence-electron chi connectivity index (χ4n) is 1.59. The van der Waals surface area contributed by atoms with E-state index in [1.807, 2.05) is 0 Å². The van der Waals surface area contributed by atoms with Crippen LogP contribution in [0, 0.1) is 5.82 Å². The number of halogens is 1. The molecule has 1 amide bonds. The highest BCUT2D eigenvalue weighted by Gasteiger charge is 2.06. The summed E-state index contributed by atoms with van der Waals surface area (Å²) < 4.78 is 12.8. The van der Waals surface area contributed by atoms with E-state index in [9.17, 15) is 14.0 Å². The van der Waals surface area contributed by atoms with Gasteiger partial charge in [-0.1, -0.05) is 12.8 Å². The van der Waals surface area contributed by atoms with Gasteiger partial charge >= 0.3 is 5.97 Å². The summed E-state index contributed by atoms with van der Waals surface area (Å²) in [5, 5.41) is 11.1. The lowest BCUT2D eigenvalue weighted by Gasteiger charge is -2.04. The van der Waals surface area contributed by atoms with Crippen LogP contribution in [0.4, 0.5) is 4.39 Å². The number of carbonyl (C=O) groups excluding carboxylic acids is 1. The van der Waals surface area contributed by atoms with Crippen LogP contribution in [0.1, 0.15) is 42.5 Å². The third-order valence-electron chi connectivity index (χ3n) is 2.57. The lowest BCUT2D eigenvalue weighted by atomic mass is 10.1. The number of hydrogen-bond acceptors (Lipinski definition) is 3. The van der Waals surface area contributed by atoms with Gasteiger partial charge in [0.2, 0.25) is 0 Å². The van der Waals surface area contributed by atoms with Gasteiger partial charge in [0.15, 0.2) is 0 Å². The molecule has 104 valence electrons. The molecule has 5 nitrogen and oxygen atoms in total. The number of carbonyl (C=O) groups is 2. The minimum atomic E-state index is -0.785. The normalized spacial score (nSPS) is 10.2. The highest BCUT2D eigenvalue weighted by Crippen LogP contribution is 2.03. The molecule has 19 heavy (non-hydrogen) atoms. The Kier molecular flexibility index (Phi) is 6.49. The number of nitrogens with one attached hydrogen (secondary N) is 1. The first kappa shape index (κ1) is 15.1. The molecule has 0 aliphatic rings. The highest BCUT2D eigenvalue weighted by molar-refractivity contribution is 5.93. The van der Waals surface area contributed by atoms with E-state index in [2.05, 4.69) is 10.3 Å². The largest absolute Gasteiger partial charge is 0.481 e. The van der Waals surface area contributed by atoms with Crippen molar-refractivity contribution in [1.29, 1.82) is 0 Å². The highest BCUT2D eigenvalue weighted by atomic mass is 19.1. The lowest BCUT2D eigenvalue weighted by molar-refractivity contribution is -0.137. The van der Waals surface area contributed by atoms with Gasteiger partial charge in [-0.2, -0.15) is 0 Å². The van der Waals surface area contributed by atoms with Crippen molar-refractivity contribution in [3.63, 3.8) is 0 Å². The van der Waals surface area contributed by atoms with Gasteiger partial charge in [-0.3, -0.25) is 14.6 Å². The van der Waals surface area contributed by atoms with E-state index in [1.165, 1.54) is 6.20 Å². The molecule has 1 aromatic heterocycles. The van der Waals surface area contributed by atoms with Gasteiger partial charge in [-0.05, 0) is 18.9 Å². The van der Waals surface area contributed by atoms with Gasteiger partial charge in [-0.25, -0.2) is 4.39 Å². The second-order valence-corrected chi connectivity index (χ2v) is 4.21. The number of aliphatic carboxylic acids is 1. The van der Waals surface area contributed by atoms with E-state index in [1.54, 1.807) is 0 Å². The second kappa shape index (κ2) is 8.18. The number of pyridine rings is 1. The Hall–Kier alpha value is -1.98. The van der Waals surface area contributed by atoms with Gasteiger partial charge in [-0.15, -0.1) is 0 Å². The molecule has 0 saturated carbocycles. The van der Waals surface area contributed by atoms with Gasteiger partial charge in [0.05, 0.1) is 11.8 Å². The average Bonchev–Trinajstić information content (AvgIpc) is 2.37. The number of carboxylic acid groups (broad SMARTS) is 1. The van der Waals surface area contributed by atoms with E-state index in [0.717, 1.165) is 31.5 Å². The summed E-state index contributed by atoms with van der Waals surface area (Å²) in [6.45, 7) is 0.489. The molecule has 0 radical (unpaired) electrons. The number of aromatic nitrogens is 1. The molecular weight excluding hydrogens is 251 g/mol. The second-order valence-electron chi connectivity index (χ2n) is 4.21. The van der Waals surface area contributed by atoms with Crippen LogP contribution in [0.25, 0.3) is 0 Å². The minimum absolute atomic E-state index is 0.182. The monoisotopic (exact) mass is 268 g/mol. The summed E-state index contributed by atoms with van der Waals surface area (Å²) in [7, 11) is 0. The lowest BCUT2D eigenvalue weighted by Crippen LogP contribution is -2.24. The summed E-state index contributed by atoms with van der Waals surface area (Å²) in [6, 6.07) is 1.13. The summed E-state index contributed by atoms with van der Waals surface area (Å²) in [4.78, 5) is 25.4. The molecule has 2 N–H and O–H groups in total. The molecule has 0 spiro atoms. The van der Waals surface area contributed by atoms with Gasteiger partial charge in [0.1, 0.15) is 5.82 Å². The Morgan fingerprint density at radius 1 is 1.21 bits per heavy atom. The van der Waals surface area contributed by atoms with Crippen LogP contribution < -0.4 is 5.32 Å². The van der Waals surface area contributed by atoms with Gasteiger partial charge < -0.3 is 10.4 Å². The van der Waals surface area contributed by atoms with Crippen LogP contribution in [0.15, 0.2) is 18.5 Å². The smallest absolute Gasteiger partial charge is 0.303 e. The Bertz CT molecular complexity index is 438. The average molecular weight is 268 g/mol. The first-order valence-corrected chi connectivity index (χ1v) is 6.20. The fourth-order valence-corrected chi connectivity index (χ4v) is 1.59. The van der Waals surface area contributed by atoms with Crippen molar-refractivity contribution in [2.24, 2.45) is 0 Å². The van der Waals surface area contributed by atoms with Gasteiger partial charge in [0, 0.05) is 19.2 Å². The Labute approximate surface area is 110 Å². The predicted molar refractivity (Wildman–Crippen MR) is 67.2 cm³/mol. The molecule has 0 unspecified atom stereocenters. The zero-order valence-corrected chi connectivity index (χ0v) is 10.6. The third-order valence-corrected chi connectivity index (χ3v) is 2.57. The Morgan fingerprint density at radius 3 is 2.63 bits per heavy atom. The van der Waals surface area contributed by atoms with E-state index in [4.69, 9.17) is 5.11 Å². The molecule has 0 aromatic carbocycles. The molecule has 1 heterocycles. The topological polar surface area (TPSA) is 79.3 Å². The van der Waals surface area contributed by atoms with Crippen LogP contribution in [-0.4, -0.2) is 28.5 Å². The number of unbranched alkanes of at least 4 members (excludes halogenated alkanes) is 3. The number of rotatable bonds is 8. The van der Waals surface area contributed by atoms with Crippen molar-refractivity contribution in [3.8, 4) is 0 Å². The van der Waals surface area contributed by atoms with Crippen molar-refractivity contribution in [1.82, 2.24) is 10.3 Å². The summed E-state index contributed by atoms with van der Waals surface area (Å²) >= 11 is 0. The van der Waals surface area contributed by atoms with Crippen LogP contribution in [0.2, 0.25) is 0 Å². The Balaban J connectivity index is 2.12. The number of carboxylic acids is 1. The van der Waals surface area contributed by atoms with Crippen molar-refractivity contribution in [2.45, 2.75) is 32.1 Å². The zero-order valence-electron chi connectivity index (χ0n) is 10.6. The maximum atomic E-state index is 12.8. The van der Waals surface area contributed by atoms with Crippen LogP contribution >= 0.6 is 0 Å². The molecular formula is C13H17FN2O3. The molecule has 0 atom stereocenters. The molecule has 1 rings (SSSR count). The van der Waals surface area contributed by atoms with Crippen LogP contribution in [0.3, 0.4) is 0 Å². The third kappa shape index (κ3) is 6.49. The van der Waals surface area contributed by atoms with E-state index < -0.39 is 11.8 Å². The quantitative estimate of drug-likeness (QED) is 0.707. The van der Waals surface area contributed by atoms with Crippen molar-refractivity contribution in [3.05, 3.63) is 29.8 Å². The minimum Gasteiger partial charge on any atom is -0.481 e. The molecule has 0 fully saturated rings. The molecule has 0 aliphatic heterocycles. The molecule has 1 aromatic rings. The zero-order chi connectivity index (χ0) is 14.1.